The minimum Gasteiger partial charge on any atom is -0.355 e. The zero-order valence-electron chi connectivity index (χ0n) is 12.9. The first-order valence-electron chi connectivity index (χ1n) is 7.48. The molecular formula is C18H21BrN2O. The molecule has 4 heteroatoms. The highest BCUT2D eigenvalue weighted by Gasteiger charge is 2.15. The Labute approximate surface area is 140 Å². The van der Waals surface area contributed by atoms with Gasteiger partial charge in [-0.05, 0) is 39.5 Å². The Kier molecular flexibility index (Phi) is 6.13. The molecule has 0 bridgehead atoms. The van der Waals surface area contributed by atoms with Gasteiger partial charge in [-0.25, -0.2) is 0 Å². The Morgan fingerprint density at radius 1 is 1.23 bits per heavy atom. The van der Waals surface area contributed by atoms with Gasteiger partial charge in [0.1, 0.15) is 0 Å². The van der Waals surface area contributed by atoms with Crippen molar-refractivity contribution in [3.63, 3.8) is 0 Å². The summed E-state index contributed by atoms with van der Waals surface area (Å²) in [4.78, 5) is 16.1. The minimum absolute atomic E-state index is 0.00367. The topological polar surface area (TPSA) is 42.0 Å². The summed E-state index contributed by atoms with van der Waals surface area (Å²) in [6.07, 6.45) is 4.50. The summed E-state index contributed by atoms with van der Waals surface area (Å²) >= 11 is 3.46. The van der Waals surface area contributed by atoms with Gasteiger partial charge >= 0.3 is 0 Å². The molecule has 1 atom stereocenters. The molecule has 0 saturated carbocycles. The van der Waals surface area contributed by atoms with Crippen molar-refractivity contribution in [3.8, 4) is 0 Å². The van der Waals surface area contributed by atoms with Crippen LogP contribution in [0.3, 0.4) is 0 Å². The normalized spacial score (nSPS) is 12.2. The van der Waals surface area contributed by atoms with E-state index in [9.17, 15) is 4.79 Å². The predicted molar refractivity (Wildman–Crippen MR) is 92.7 cm³/mol. The van der Waals surface area contributed by atoms with Crippen molar-refractivity contribution in [1.29, 1.82) is 0 Å². The monoisotopic (exact) mass is 360 g/mol. The van der Waals surface area contributed by atoms with Crippen LogP contribution in [0.25, 0.3) is 0 Å². The number of amides is 1. The molecule has 0 aliphatic rings. The van der Waals surface area contributed by atoms with Crippen LogP contribution in [0.2, 0.25) is 0 Å². The number of hydrogen-bond acceptors (Lipinski definition) is 2. The fraction of sp³-hybridized carbons (Fsp3) is 0.333. The second-order valence-electron chi connectivity index (χ2n) is 5.72. The average Bonchev–Trinajstić information content (AvgIpc) is 2.52. The van der Waals surface area contributed by atoms with Crippen molar-refractivity contribution < 1.29 is 4.79 Å². The standard InChI is InChI=1S/C18H21BrN2O/c1-13(2)18(22)21-11-16(15-6-4-3-5-7-15)8-14-9-17(19)12-20-10-14/h3-7,9-10,12-13,16H,8,11H2,1-2H3,(H,21,22)/t16-/m0/s1. The van der Waals surface area contributed by atoms with Crippen molar-refractivity contribution in [1.82, 2.24) is 10.3 Å². The number of halogens is 1. The Bertz CT molecular complexity index is 613. The van der Waals surface area contributed by atoms with Gasteiger partial charge in [0.05, 0.1) is 0 Å². The Hall–Kier alpha value is -1.68. The Morgan fingerprint density at radius 3 is 2.59 bits per heavy atom. The minimum atomic E-state index is 0.00367. The summed E-state index contributed by atoms with van der Waals surface area (Å²) in [6.45, 7) is 4.45. The molecule has 0 aliphatic heterocycles. The third-order valence-corrected chi connectivity index (χ3v) is 4.00. The molecule has 0 spiro atoms. The summed E-state index contributed by atoms with van der Waals surface area (Å²) in [5, 5.41) is 3.04. The molecule has 116 valence electrons. The van der Waals surface area contributed by atoms with Crippen LogP contribution in [0.15, 0.2) is 53.3 Å². The fourth-order valence-electron chi connectivity index (χ4n) is 2.31. The number of nitrogens with one attached hydrogen (secondary N) is 1. The first-order chi connectivity index (χ1) is 10.6. The lowest BCUT2D eigenvalue weighted by atomic mass is 9.92. The van der Waals surface area contributed by atoms with Crippen molar-refractivity contribution in [2.75, 3.05) is 6.54 Å². The number of pyridine rings is 1. The van der Waals surface area contributed by atoms with Crippen molar-refractivity contribution in [2.24, 2.45) is 5.92 Å². The summed E-state index contributed by atoms with van der Waals surface area (Å²) in [5.74, 6) is 0.331. The predicted octanol–water partition coefficient (Wildman–Crippen LogP) is 3.94. The molecule has 1 aromatic heterocycles. The third kappa shape index (κ3) is 4.95. The van der Waals surface area contributed by atoms with Crippen LogP contribution in [0, 0.1) is 5.92 Å². The molecular weight excluding hydrogens is 340 g/mol. The molecule has 0 fully saturated rings. The van der Waals surface area contributed by atoms with Crippen molar-refractivity contribution in [3.05, 3.63) is 64.4 Å². The second kappa shape index (κ2) is 8.08. The van der Waals surface area contributed by atoms with E-state index in [2.05, 4.69) is 44.4 Å². The van der Waals surface area contributed by atoms with E-state index in [0.717, 1.165) is 16.5 Å². The van der Waals surface area contributed by atoms with E-state index in [1.807, 2.05) is 38.2 Å². The van der Waals surface area contributed by atoms with Gasteiger partial charge in [0.2, 0.25) is 5.91 Å². The molecule has 1 heterocycles. The van der Waals surface area contributed by atoms with E-state index in [-0.39, 0.29) is 17.7 Å². The highest BCUT2D eigenvalue weighted by molar-refractivity contribution is 9.10. The maximum absolute atomic E-state index is 11.9. The number of carbonyl (C=O) groups is 1. The van der Waals surface area contributed by atoms with E-state index in [1.54, 1.807) is 6.20 Å². The zero-order valence-corrected chi connectivity index (χ0v) is 14.5. The van der Waals surface area contributed by atoms with Gasteiger partial charge in [-0.2, -0.15) is 0 Å². The lowest BCUT2D eigenvalue weighted by Crippen LogP contribution is -2.32. The van der Waals surface area contributed by atoms with Gasteiger partial charge in [-0.15, -0.1) is 0 Å². The highest BCUT2D eigenvalue weighted by Crippen LogP contribution is 2.21. The van der Waals surface area contributed by atoms with Gasteiger partial charge in [-0.3, -0.25) is 9.78 Å². The maximum atomic E-state index is 11.9. The number of carbonyl (C=O) groups excluding carboxylic acids is 1. The van der Waals surface area contributed by atoms with Crippen LogP contribution in [0.4, 0.5) is 0 Å². The lowest BCUT2D eigenvalue weighted by Gasteiger charge is -2.19. The quantitative estimate of drug-likeness (QED) is 0.847. The van der Waals surface area contributed by atoms with Crippen LogP contribution in [-0.2, 0) is 11.2 Å². The van der Waals surface area contributed by atoms with Crippen LogP contribution in [0.1, 0.15) is 30.9 Å². The average molecular weight is 361 g/mol. The Balaban J connectivity index is 2.13. The number of nitrogens with zero attached hydrogens (tertiary/aromatic N) is 1. The van der Waals surface area contributed by atoms with Crippen molar-refractivity contribution in [2.45, 2.75) is 26.2 Å². The molecule has 0 radical (unpaired) electrons. The van der Waals surface area contributed by atoms with Gasteiger partial charge in [0.15, 0.2) is 0 Å². The maximum Gasteiger partial charge on any atom is 0.222 e. The van der Waals surface area contributed by atoms with Gasteiger partial charge in [0.25, 0.3) is 0 Å². The van der Waals surface area contributed by atoms with Crippen LogP contribution >= 0.6 is 15.9 Å². The number of benzene rings is 1. The van der Waals surface area contributed by atoms with E-state index < -0.39 is 0 Å². The van der Waals surface area contributed by atoms with Crippen molar-refractivity contribution >= 4 is 21.8 Å². The first-order valence-corrected chi connectivity index (χ1v) is 8.27. The Morgan fingerprint density at radius 2 is 1.95 bits per heavy atom. The van der Waals surface area contributed by atoms with E-state index in [0.29, 0.717) is 6.54 Å². The van der Waals surface area contributed by atoms with Gasteiger partial charge in [-0.1, -0.05) is 44.2 Å². The molecule has 1 amide bonds. The van der Waals surface area contributed by atoms with Gasteiger partial charge < -0.3 is 5.32 Å². The summed E-state index contributed by atoms with van der Waals surface area (Å²) < 4.78 is 0.975. The number of rotatable bonds is 6. The molecule has 0 saturated heterocycles. The second-order valence-corrected chi connectivity index (χ2v) is 6.64. The van der Waals surface area contributed by atoms with E-state index >= 15 is 0 Å². The smallest absolute Gasteiger partial charge is 0.222 e. The summed E-state index contributed by atoms with van der Waals surface area (Å²) in [6, 6.07) is 12.4. The van der Waals surface area contributed by atoms with Crippen LogP contribution < -0.4 is 5.32 Å². The SMILES string of the molecule is CC(C)C(=O)NC[C@H](Cc1cncc(Br)c1)c1ccccc1. The van der Waals surface area contributed by atoms with Gasteiger partial charge in [0, 0.05) is 35.2 Å². The number of hydrogen-bond donors (Lipinski definition) is 1. The number of aromatic nitrogens is 1. The largest absolute Gasteiger partial charge is 0.355 e. The summed E-state index contributed by atoms with van der Waals surface area (Å²) in [7, 11) is 0. The molecule has 1 aromatic carbocycles. The molecule has 2 rings (SSSR count). The summed E-state index contributed by atoms with van der Waals surface area (Å²) in [5.41, 5.74) is 2.38. The van der Waals surface area contributed by atoms with Crippen LogP contribution in [0.5, 0.6) is 0 Å². The molecule has 0 unspecified atom stereocenters. The molecule has 22 heavy (non-hydrogen) atoms. The molecule has 0 aliphatic carbocycles. The highest BCUT2D eigenvalue weighted by atomic mass is 79.9. The molecule has 3 nitrogen and oxygen atoms in total. The van der Waals surface area contributed by atoms with Crippen LogP contribution in [-0.4, -0.2) is 17.4 Å². The lowest BCUT2D eigenvalue weighted by molar-refractivity contribution is -0.124. The molecule has 2 aromatic rings. The third-order valence-electron chi connectivity index (χ3n) is 3.56. The molecule has 1 N–H and O–H groups in total. The zero-order chi connectivity index (χ0) is 15.9. The van der Waals surface area contributed by atoms with E-state index in [4.69, 9.17) is 0 Å². The first kappa shape index (κ1) is 16.7. The van der Waals surface area contributed by atoms with E-state index in [1.165, 1.54) is 5.56 Å². The fourth-order valence-corrected chi connectivity index (χ4v) is 2.73.